The van der Waals surface area contributed by atoms with E-state index in [-0.39, 0.29) is 6.04 Å². The number of rotatable bonds is 4. The standard InChI is InChI=1S/C21H19Cl3N2O/c22-16-5-3-15(4-6-16)21-14-25(13-18-2-1-11-27-18)9-10-26(21)20-8-7-17(23)12-19(20)24/h1-8,11-12,21H,9-10,13-14H2. The Labute approximate surface area is 174 Å². The molecule has 140 valence electrons. The molecule has 1 aliphatic heterocycles. The molecule has 1 saturated heterocycles. The van der Waals surface area contributed by atoms with Gasteiger partial charge in [0.25, 0.3) is 0 Å². The van der Waals surface area contributed by atoms with Gasteiger partial charge in [0.2, 0.25) is 0 Å². The van der Waals surface area contributed by atoms with Crippen LogP contribution in [0.1, 0.15) is 17.4 Å². The van der Waals surface area contributed by atoms with E-state index in [0.29, 0.717) is 10.0 Å². The number of benzene rings is 2. The summed E-state index contributed by atoms with van der Waals surface area (Å²) in [5, 5.41) is 2.04. The molecule has 1 atom stereocenters. The fraction of sp³-hybridized carbons (Fsp3) is 0.238. The summed E-state index contributed by atoms with van der Waals surface area (Å²) < 4.78 is 5.53. The quantitative estimate of drug-likeness (QED) is 0.492. The minimum absolute atomic E-state index is 0.157. The van der Waals surface area contributed by atoms with Crippen LogP contribution in [0.3, 0.4) is 0 Å². The van der Waals surface area contributed by atoms with Crippen LogP contribution in [0, 0.1) is 0 Å². The van der Waals surface area contributed by atoms with E-state index < -0.39 is 0 Å². The highest BCUT2D eigenvalue weighted by atomic mass is 35.5. The third-order valence-electron chi connectivity index (χ3n) is 4.90. The SMILES string of the molecule is Clc1ccc(C2CN(Cc3ccco3)CCN2c2ccc(Cl)cc2Cl)cc1. The van der Waals surface area contributed by atoms with Crippen molar-refractivity contribution < 1.29 is 4.42 Å². The van der Waals surface area contributed by atoms with E-state index in [4.69, 9.17) is 39.2 Å². The lowest BCUT2D eigenvalue weighted by Gasteiger charge is -2.43. The molecule has 27 heavy (non-hydrogen) atoms. The lowest BCUT2D eigenvalue weighted by Crippen LogP contribution is -2.48. The number of nitrogens with zero attached hydrogens (tertiary/aromatic N) is 2. The summed E-state index contributed by atoms with van der Waals surface area (Å²) in [7, 11) is 0. The van der Waals surface area contributed by atoms with E-state index in [1.165, 1.54) is 5.56 Å². The molecule has 0 amide bonds. The van der Waals surface area contributed by atoms with Crippen molar-refractivity contribution in [2.45, 2.75) is 12.6 Å². The summed E-state index contributed by atoms with van der Waals surface area (Å²) in [6.45, 7) is 3.43. The molecule has 1 aromatic heterocycles. The minimum Gasteiger partial charge on any atom is -0.468 e. The van der Waals surface area contributed by atoms with E-state index in [1.807, 2.05) is 36.4 Å². The molecule has 1 unspecified atom stereocenters. The summed E-state index contributed by atoms with van der Waals surface area (Å²) >= 11 is 18.7. The second-order valence-corrected chi connectivity index (χ2v) is 7.95. The fourth-order valence-electron chi connectivity index (χ4n) is 3.58. The van der Waals surface area contributed by atoms with E-state index in [9.17, 15) is 0 Å². The minimum atomic E-state index is 0.157. The summed E-state index contributed by atoms with van der Waals surface area (Å²) in [6.07, 6.45) is 1.72. The number of halogens is 3. The van der Waals surface area contributed by atoms with Gasteiger partial charge < -0.3 is 9.32 Å². The highest BCUT2D eigenvalue weighted by Crippen LogP contribution is 2.37. The van der Waals surface area contributed by atoms with Crippen molar-refractivity contribution in [2.24, 2.45) is 0 Å². The van der Waals surface area contributed by atoms with Crippen molar-refractivity contribution in [3.8, 4) is 0 Å². The predicted octanol–water partition coefficient (Wildman–Crippen LogP) is 6.30. The molecule has 2 aromatic carbocycles. The largest absolute Gasteiger partial charge is 0.468 e. The average Bonchev–Trinajstić information content (AvgIpc) is 3.16. The van der Waals surface area contributed by atoms with Crippen molar-refractivity contribution in [3.05, 3.63) is 87.3 Å². The summed E-state index contributed by atoms with van der Waals surface area (Å²) in [5.41, 5.74) is 2.20. The molecule has 6 heteroatoms. The lowest BCUT2D eigenvalue weighted by molar-refractivity contribution is 0.200. The first-order valence-corrected chi connectivity index (χ1v) is 9.95. The van der Waals surface area contributed by atoms with Crippen molar-refractivity contribution in [1.29, 1.82) is 0 Å². The molecule has 0 saturated carbocycles. The molecule has 4 rings (SSSR count). The van der Waals surface area contributed by atoms with Gasteiger partial charge in [0, 0.05) is 29.7 Å². The van der Waals surface area contributed by atoms with Crippen LogP contribution in [0.2, 0.25) is 15.1 Å². The van der Waals surface area contributed by atoms with E-state index in [1.54, 1.807) is 12.3 Å². The number of hydrogen-bond acceptors (Lipinski definition) is 3. The van der Waals surface area contributed by atoms with Gasteiger partial charge in [0.15, 0.2) is 0 Å². The fourth-order valence-corrected chi connectivity index (χ4v) is 4.22. The molecule has 1 fully saturated rings. The Bertz CT molecular complexity index is 896. The molecule has 1 aliphatic rings. The smallest absolute Gasteiger partial charge is 0.117 e. The number of piperazine rings is 1. The van der Waals surface area contributed by atoms with E-state index in [2.05, 4.69) is 21.9 Å². The second-order valence-electron chi connectivity index (χ2n) is 6.67. The third-order valence-corrected chi connectivity index (χ3v) is 5.69. The highest BCUT2D eigenvalue weighted by molar-refractivity contribution is 6.36. The molecule has 0 radical (unpaired) electrons. The summed E-state index contributed by atoms with van der Waals surface area (Å²) in [5.74, 6) is 0.975. The molecular weight excluding hydrogens is 403 g/mol. The molecule has 0 spiro atoms. The predicted molar refractivity (Wildman–Crippen MR) is 112 cm³/mol. The Morgan fingerprint density at radius 1 is 0.926 bits per heavy atom. The van der Waals surface area contributed by atoms with Crippen LogP contribution in [-0.4, -0.2) is 24.5 Å². The van der Waals surface area contributed by atoms with Gasteiger partial charge >= 0.3 is 0 Å². The van der Waals surface area contributed by atoms with Crippen molar-refractivity contribution in [3.63, 3.8) is 0 Å². The van der Waals surface area contributed by atoms with Crippen molar-refractivity contribution in [1.82, 2.24) is 4.90 Å². The number of furan rings is 1. The Kier molecular flexibility index (Phi) is 5.65. The Morgan fingerprint density at radius 3 is 2.41 bits per heavy atom. The van der Waals surface area contributed by atoms with Crippen molar-refractivity contribution in [2.75, 3.05) is 24.5 Å². The second kappa shape index (κ2) is 8.15. The maximum Gasteiger partial charge on any atom is 0.117 e. The average molecular weight is 422 g/mol. The first kappa shape index (κ1) is 18.7. The van der Waals surface area contributed by atoms with Crippen LogP contribution < -0.4 is 4.90 Å². The van der Waals surface area contributed by atoms with Crippen LogP contribution in [0.4, 0.5) is 5.69 Å². The zero-order valence-corrected chi connectivity index (χ0v) is 16.9. The van der Waals surface area contributed by atoms with Crippen molar-refractivity contribution >= 4 is 40.5 Å². The highest BCUT2D eigenvalue weighted by Gasteiger charge is 2.30. The Morgan fingerprint density at radius 2 is 1.70 bits per heavy atom. The number of anilines is 1. The van der Waals surface area contributed by atoms with Gasteiger partial charge in [-0.15, -0.1) is 0 Å². The van der Waals surface area contributed by atoms with Crippen LogP contribution in [0.25, 0.3) is 0 Å². The number of hydrogen-bond donors (Lipinski definition) is 0. The molecule has 2 heterocycles. The Balaban J connectivity index is 1.64. The van der Waals surface area contributed by atoms with Gasteiger partial charge in [0.1, 0.15) is 5.76 Å². The lowest BCUT2D eigenvalue weighted by atomic mass is 10.0. The van der Waals surface area contributed by atoms with Gasteiger partial charge in [0.05, 0.1) is 29.6 Å². The zero-order chi connectivity index (χ0) is 18.8. The monoisotopic (exact) mass is 420 g/mol. The third kappa shape index (κ3) is 4.27. The molecule has 3 nitrogen and oxygen atoms in total. The molecule has 3 aromatic rings. The normalized spacial score (nSPS) is 18.0. The molecular formula is C21H19Cl3N2O. The van der Waals surface area contributed by atoms with Gasteiger partial charge in [-0.2, -0.15) is 0 Å². The Hall–Kier alpha value is -1.65. The van der Waals surface area contributed by atoms with Gasteiger partial charge in [-0.25, -0.2) is 0 Å². The van der Waals surface area contributed by atoms with Crippen LogP contribution >= 0.6 is 34.8 Å². The van der Waals surface area contributed by atoms with Gasteiger partial charge in [-0.1, -0.05) is 46.9 Å². The first-order chi connectivity index (χ1) is 13.1. The summed E-state index contributed by atoms with van der Waals surface area (Å²) in [6, 6.07) is 17.8. The summed E-state index contributed by atoms with van der Waals surface area (Å²) in [4.78, 5) is 4.75. The van der Waals surface area contributed by atoms with E-state index >= 15 is 0 Å². The zero-order valence-electron chi connectivity index (χ0n) is 14.6. The van der Waals surface area contributed by atoms with E-state index in [0.717, 1.165) is 42.6 Å². The topological polar surface area (TPSA) is 19.6 Å². The molecule has 0 N–H and O–H groups in total. The maximum absolute atomic E-state index is 6.52. The van der Waals surface area contributed by atoms with Crippen LogP contribution in [0.15, 0.2) is 65.3 Å². The van der Waals surface area contributed by atoms with Gasteiger partial charge in [-0.3, -0.25) is 4.90 Å². The maximum atomic E-state index is 6.52. The van der Waals surface area contributed by atoms with Gasteiger partial charge in [-0.05, 0) is 48.0 Å². The van der Waals surface area contributed by atoms with Crippen LogP contribution in [-0.2, 0) is 6.54 Å². The molecule has 0 bridgehead atoms. The van der Waals surface area contributed by atoms with Crippen LogP contribution in [0.5, 0.6) is 0 Å². The first-order valence-electron chi connectivity index (χ1n) is 8.82. The molecule has 0 aliphatic carbocycles.